The van der Waals surface area contributed by atoms with Gasteiger partial charge in [-0.3, -0.25) is 14.2 Å². The zero-order chi connectivity index (χ0) is 35.0. The fourth-order valence-corrected chi connectivity index (χ4v) is 7.23. The van der Waals surface area contributed by atoms with E-state index in [1.165, 1.54) is 28.2 Å². The van der Waals surface area contributed by atoms with E-state index in [0.717, 1.165) is 0 Å². The second kappa shape index (κ2) is 13.7. The van der Waals surface area contributed by atoms with Gasteiger partial charge in [-0.1, -0.05) is 72.7 Å². The van der Waals surface area contributed by atoms with Crippen LogP contribution in [-0.4, -0.2) is 29.1 Å². The average molecular weight is 722 g/mol. The van der Waals surface area contributed by atoms with Gasteiger partial charge < -0.3 is 18.6 Å². The SMILES string of the molecule is CCOC(=O)C1=C(C)N=c2s/c(=C/c3ccc(OC(=O)[C@H]4[C@H](C=C(Cl)Cl)C4(C)C)cc3)c(=O)n2[C@@H]1c1ccc(OC(=O)c2ccco2)cc1. The number of aromatic nitrogens is 1. The number of halogens is 2. The van der Waals surface area contributed by atoms with Crippen molar-refractivity contribution in [1.29, 1.82) is 0 Å². The molecule has 0 unspecified atom stereocenters. The molecular weight excluding hydrogens is 691 g/mol. The van der Waals surface area contributed by atoms with E-state index in [1.807, 2.05) is 13.8 Å². The van der Waals surface area contributed by atoms with Crippen LogP contribution in [0.5, 0.6) is 11.5 Å². The molecule has 3 atom stereocenters. The molecule has 2 aromatic heterocycles. The first-order valence-corrected chi connectivity index (χ1v) is 16.9. The fourth-order valence-electron chi connectivity index (χ4n) is 5.91. The third kappa shape index (κ3) is 6.92. The number of furan rings is 1. The summed E-state index contributed by atoms with van der Waals surface area (Å²) in [5.74, 6) is -1.45. The number of ether oxygens (including phenoxy) is 3. The van der Waals surface area contributed by atoms with Crippen molar-refractivity contribution in [1.82, 2.24) is 4.57 Å². The Morgan fingerprint density at radius 2 is 1.67 bits per heavy atom. The Morgan fingerprint density at radius 3 is 2.31 bits per heavy atom. The number of rotatable bonds is 9. The van der Waals surface area contributed by atoms with E-state index in [2.05, 4.69) is 4.99 Å². The van der Waals surface area contributed by atoms with Crippen LogP contribution in [0.4, 0.5) is 0 Å². The molecule has 3 heterocycles. The number of hydrogen-bond donors (Lipinski definition) is 0. The average Bonchev–Trinajstić information content (AvgIpc) is 3.41. The summed E-state index contributed by atoms with van der Waals surface area (Å²) in [6.07, 6.45) is 4.74. The Bertz CT molecular complexity index is 2180. The predicted molar refractivity (Wildman–Crippen MR) is 183 cm³/mol. The first kappa shape index (κ1) is 34.2. The normalized spacial score (nSPS) is 19.4. The highest BCUT2D eigenvalue weighted by atomic mass is 35.5. The molecule has 10 nitrogen and oxygen atoms in total. The molecule has 0 spiro atoms. The van der Waals surface area contributed by atoms with Crippen LogP contribution in [-0.2, 0) is 14.3 Å². The molecule has 1 aliphatic heterocycles. The standard InChI is InChI=1S/C36H30Cl2N2O8S/c1-5-45-33(43)28-19(2)39-35-40(30(28)21-10-14-23(15-11-21)47-32(42)25-7-6-16-46-25)31(41)26(49-35)17-20-8-12-22(13-9-20)48-34(44)29-24(18-27(37)38)36(29,3)4/h6-18,24,29-30H,5H2,1-4H3/b26-17+/t24-,29+,30+/m0/s1. The molecule has 0 N–H and O–H groups in total. The maximum Gasteiger partial charge on any atom is 0.379 e. The summed E-state index contributed by atoms with van der Waals surface area (Å²) in [4.78, 5) is 57.4. The van der Waals surface area contributed by atoms with Crippen LogP contribution in [0.3, 0.4) is 0 Å². The number of carbonyl (C=O) groups excluding carboxylic acids is 3. The van der Waals surface area contributed by atoms with Crippen molar-refractivity contribution in [2.45, 2.75) is 33.7 Å². The second-order valence-electron chi connectivity index (χ2n) is 12.0. The quantitative estimate of drug-likeness (QED) is 0.150. The van der Waals surface area contributed by atoms with E-state index in [1.54, 1.807) is 80.6 Å². The summed E-state index contributed by atoms with van der Waals surface area (Å²) in [7, 11) is 0. The Hall–Kier alpha value is -4.71. The summed E-state index contributed by atoms with van der Waals surface area (Å²) in [6.45, 7) is 7.43. The maximum atomic E-state index is 14.0. The summed E-state index contributed by atoms with van der Waals surface area (Å²) in [5.41, 5.74) is 1.22. The molecule has 4 aromatic rings. The van der Waals surface area contributed by atoms with Gasteiger partial charge in [-0.05, 0) is 84.9 Å². The third-order valence-corrected chi connectivity index (χ3v) is 9.75. The van der Waals surface area contributed by atoms with Crippen LogP contribution >= 0.6 is 34.5 Å². The van der Waals surface area contributed by atoms with Crippen LogP contribution in [0.25, 0.3) is 6.08 Å². The summed E-state index contributed by atoms with van der Waals surface area (Å²) in [5, 5.41) is 0. The molecule has 1 aliphatic carbocycles. The largest absolute Gasteiger partial charge is 0.463 e. The zero-order valence-corrected chi connectivity index (χ0v) is 29.1. The van der Waals surface area contributed by atoms with Crippen LogP contribution in [0.2, 0.25) is 0 Å². The van der Waals surface area contributed by atoms with Gasteiger partial charge in [-0.2, -0.15) is 0 Å². The van der Waals surface area contributed by atoms with Gasteiger partial charge in [0.05, 0.1) is 40.6 Å². The Morgan fingerprint density at radius 1 is 1.00 bits per heavy atom. The van der Waals surface area contributed by atoms with Gasteiger partial charge >= 0.3 is 17.9 Å². The number of benzene rings is 2. The molecule has 0 amide bonds. The van der Waals surface area contributed by atoms with Crippen molar-refractivity contribution in [2.24, 2.45) is 22.2 Å². The summed E-state index contributed by atoms with van der Waals surface area (Å²) < 4.78 is 23.5. The molecule has 252 valence electrons. The van der Waals surface area contributed by atoms with Gasteiger partial charge in [0.1, 0.15) is 16.0 Å². The smallest absolute Gasteiger partial charge is 0.379 e. The number of allylic oxidation sites excluding steroid dienone is 2. The van der Waals surface area contributed by atoms with Crippen LogP contribution in [0, 0.1) is 17.3 Å². The monoisotopic (exact) mass is 720 g/mol. The lowest BCUT2D eigenvalue weighted by molar-refractivity contribution is -0.139. The Labute approximate surface area is 294 Å². The van der Waals surface area contributed by atoms with Crippen LogP contribution in [0.1, 0.15) is 55.4 Å². The maximum absolute atomic E-state index is 14.0. The fraction of sp³-hybridized carbons (Fsp3) is 0.250. The minimum atomic E-state index is -0.854. The summed E-state index contributed by atoms with van der Waals surface area (Å²) >= 11 is 12.8. The van der Waals surface area contributed by atoms with Gasteiger partial charge in [-0.25, -0.2) is 14.6 Å². The van der Waals surface area contributed by atoms with Gasteiger partial charge in [0.2, 0.25) is 5.76 Å². The summed E-state index contributed by atoms with van der Waals surface area (Å²) in [6, 6.07) is 15.5. The van der Waals surface area contributed by atoms with E-state index < -0.39 is 18.0 Å². The van der Waals surface area contributed by atoms with Crippen molar-refractivity contribution in [2.75, 3.05) is 6.61 Å². The highest BCUT2D eigenvalue weighted by Crippen LogP contribution is 2.60. The van der Waals surface area contributed by atoms with Crippen molar-refractivity contribution in [3.63, 3.8) is 0 Å². The van der Waals surface area contributed by atoms with E-state index in [0.29, 0.717) is 31.9 Å². The van der Waals surface area contributed by atoms with Crippen molar-refractivity contribution < 1.29 is 33.0 Å². The van der Waals surface area contributed by atoms with Gasteiger partial charge in [0.15, 0.2) is 4.80 Å². The van der Waals surface area contributed by atoms with Crippen molar-refractivity contribution in [3.8, 4) is 11.5 Å². The first-order chi connectivity index (χ1) is 23.4. The minimum Gasteiger partial charge on any atom is -0.463 e. The van der Waals surface area contributed by atoms with E-state index in [9.17, 15) is 19.2 Å². The molecule has 2 aromatic carbocycles. The number of carbonyl (C=O) groups is 3. The lowest BCUT2D eigenvalue weighted by Crippen LogP contribution is -2.39. The number of fused-ring (bicyclic) bond motifs is 1. The number of hydrogen-bond acceptors (Lipinski definition) is 10. The molecule has 1 saturated carbocycles. The molecule has 49 heavy (non-hydrogen) atoms. The van der Waals surface area contributed by atoms with Gasteiger partial charge in [-0.15, -0.1) is 0 Å². The third-order valence-electron chi connectivity index (χ3n) is 8.51. The molecule has 13 heteroatoms. The highest BCUT2D eigenvalue weighted by molar-refractivity contribution is 7.07. The molecule has 6 rings (SSSR count). The van der Waals surface area contributed by atoms with Crippen molar-refractivity contribution >= 4 is 58.5 Å². The molecule has 0 saturated heterocycles. The highest BCUT2D eigenvalue weighted by Gasteiger charge is 2.61. The molecule has 0 radical (unpaired) electrons. The minimum absolute atomic E-state index is 0.0528. The predicted octanol–water partition coefficient (Wildman–Crippen LogP) is 6.11. The van der Waals surface area contributed by atoms with Gasteiger partial charge in [0.25, 0.3) is 5.56 Å². The van der Waals surface area contributed by atoms with E-state index in [-0.39, 0.29) is 57.0 Å². The Balaban J connectivity index is 1.29. The number of thiazole rings is 1. The van der Waals surface area contributed by atoms with Crippen molar-refractivity contribution in [3.05, 3.63) is 125 Å². The first-order valence-electron chi connectivity index (χ1n) is 15.3. The second-order valence-corrected chi connectivity index (χ2v) is 14.0. The van der Waals surface area contributed by atoms with Gasteiger partial charge in [0, 0.05) is 0 Å². The topological polar surface area (TPSA) is 126 Å². The van der Waals surface area contributed by atoms with E-state index >= 15 is 0 Å². The van der Waals surface area contributed by atoms with E-state index in [4.69, 9.17) is 41.8 Å². The zero-order valence-electron chi connectivity index (χ0n) is 26.8. The Kier molecular flexibility index (Phi) is 9.52. The number of nitrogens with zero attached hydrogens (tertiary/aromatic N) is 2. The molecular formula is C36H30Cl2N2O8S. The molecule has 2 aliphatic rings. The van der Waals surface area contributed by atoms with Crippen LogP contribution < -0.4 is 24.4 Å². The lowest BCUT2D eigenvalue weighted by atomic mass is 9.96. The number of esters is 3. The molecule has 0 bridgehead atoms. The molecule has 1 fully saturated rings. The lowest BCUT2D eigenvalue weighted by Gasteiger charge is -2.24. The van der Waals surface area contributed by atoms with Crippen LogP contribution in [0.15, 0.2) is 103 Å².